The molecule has 1 atom stereocenters. The highest BCUT2D eigenvalue weighted by atomic mass is 16.5. The second kappa shape index (κ2) is 11.9. The minimum absolute atomic E-state index is 0.0728. The maximum absolute atomic E-state index is 13.6. The maximum Gasteiger partial charge on any atom is 0.253 e. The fourth-order valence-electron chi connectivity index (χ4n) is 6.42. The summed E-state index contributed by atoms with van der Waals surface area (Å²) in [6, 6.07) is 16.5. The van der Waals surface area contributed by atoms with Crippen LogP contribution in [0.2, 0.25) is 0 Å². The molecule has 0 spiro atoms. The Bertz CT molecular complexity index is 1500. The van der Waals surface area contributed by atoms with Crippen molar-refractivity contribution in [2.24, 2.45) is 0 Å². The van der Waals surface area contributed by atoms with Crippen LogP contribution in [0.5, 0.6) is 5.75 Å². The molecule has 2 aromatic heterocycles. The average Bonchev–Trinajstić information content (AvgIpc) is 3.48. The summed E-state index contributed by atoms with van der Waals surface area (Å²) in [7, 11) is 1.72. The number of methoxy groups -OCH3 is 1. The summed E-state index contributed by atoms with van der Waals surface area (Å²) in [4.78, 5) is 21.7. The molecule has 1 saturated carbocycles. The summed E-state index contributed by atoms with van der Waals surface area (Å²) in [6.07, 6.45) is 6.73. The van der Waals surface area contributed by atoms with Gasteiger partial charge in [0.25, 0.3) is 5.56 Å². The summed E-state index contributed by atoms with van der Waals surface area (Å²) in [5.74, 6) is 1.70. The molecule has 0 amide bonds. The number of para-hydroxylation sites is 1. The lowest BCUT2D eigenvalue weighted by molar-refractivity contribution is 0.0977. The molecular formula is C31H39N7O2. The molecule has 2 aromatic carbocycles. The van der Waals surface area contributed by atoms with Crippen LogP contribution in [0, 0.1) is 0 Å². The molecule has 1 aliphatic carbocycles. The lowest BCUT2D eigenvalue weighted by Crippen LogP contribution is -2.48. The maximum atomic E-state index is 13.6. The number of rotatable bonds is 8. The van der Waals surface area contributed by atoms with Gasteiger partial charge in [0, 0.05) is 49.4 Å². The van der Waals surface area contributed by atoms with Crippen molar-refractivity contribution in [1.29, 1.82) is 0 Å². The highest BCUT2D eigenvalue weighted by molar-refractivity contribution is 5.80. The SMILES string of the molecule is CCc1ccc2[nH]c(=O)c(C(c3nnnn3C3CCCCC3)N3CCN(Cc4ccccc4OC)CC3)cc2c1. The average molecular weight is 542 g/mol. The van der Waals surface area contributed by atoms with Crippen LogP contribution in [0.3, 0.4) is 0 Å². The normalized spacial score (nSPS) is 18.2. The zero-order valence-electron chi connectivity index (χ0n) is 23.6. The summed E-state index contributed by atoms with van der Waals surface area (Å²) >= 11 is 0. The molecule has 6 rings (SSSR count). The Morgan fingerprint density at radius 3 is 2.60 bits per heavy atom. The first kappa shape index (κ1) is 26.7. The third-order valence-electron chi connectivity index (χ3n) is 8.68. The Kier molecular flexibility index (Phi) is 7.93. The van der Waals surface area contributed by atoms with Gasteiger partial charge in [0.05, 0.1) is 13.2 Å². The van der Waals surface area contributed by atoms with E-state index >= 15 is 0 Å². The van der Waals surface area contributed by atoms with Gasteiger partial charge in [-0.3, -0.25) is 14.6 Å². The van der Waals surface area contributed by atoms with Crippen LogP contribution in [0.25, 0.3) is 10.9 Å². The number of benzene rings is 2. The van der Waals surface area contributed by atoms with Crippen molar-refractivity contribution < 1.29 is 4.74 Å². The lowest BCUT2D eigenvalue weighted by Gasteiger charge is -2.39. The minimum atomic E-state index is -0.316. The highest BCUT2D eigenvalue weighted by Crippen LogP contribution is 2.34. The van der Waals surface area contributed by atoms with E-state index in [9.17, 15) is 4.79 Å². The van der Waals surface area contributed by atoms with Gasteiger partial charge in [-0.1, -0.05) is 50.5 Å². The van der Waals surface area contributed by atoms with Crippen molar-refractivity contribution in [1.82, 2.24) is 35.0 Å². The first-order valence-electron chi connectivity index (χ1n) is 14.7. The molecule has 1 unspecified atom stereocenters. The van der Waals surface area contributed by atoms with Crippen LogP contribution in [-0.2, 0) is 13.0 Å². The Balaban J connectivity index is 1.34. The number of ether oxygens (including phenoxy) is 1. The van der Waals surface area contributed by atoms with Gasteiger partial charge in [-0.05, 0) is 64.9 Å². The highest BCUT2D eigenvalue weighted by Gasteiger charge is 2.34. The van der Waals surface area contributed by atoms with E-state index in [4.69, 9.17) is 4.74 Å². The van der Waals surface area contributed by atoms with Gasteiger partial charge < -0.3 is 9.72 Å². The molecule has 2 fully saturated rings. The summed E-state index contributed by atoms with van der Waals surface area (Å²) in [5, 5.41) is 14.3. The Morgan fingerprint density at radius 2 is 1.82 bits per heavy atom. The zero-order chi connectivity index (χ0) is 27.5. The van der Waals surface area contributed by atoms with Crippen LogP contribution in [0.4, 0.5) is 0 Å². The number of nitrogens with one attached hydrogen (secondary N) is 1. The van der Waals surface area contributed by atoms with E-state index in [0.717, 1.165) is 74.5 Å². The third-order valence-corrected chi connectivity index (χ3v) is 8.68. The zero-order valence-corrected chi connectivity index (χ0v) is 23.6. The van der Waals surface area contributed by atoms with Crippen LogP contribution in [0.15, 0.2) is 53.3 Å². The number of nitrogens with zero attached hydrogens (tertiary/aromatic N) is 6. The van der Waals surface area contributed by atoms with E-state index in [0.29, 0.717) is 5.56 Å². The van der Waals surface area contributed by atoms with Crippen LogP contribution in [-0.4, -0.2) is 68.3 Å². The number of aryl methyl sites for hydroxylation is 1. The summed E-state index contributed by atoms with van der Waals surface area (Å²) in [6.45, 7) is 6.36. The van der Waals surface area contributed by atoms with Crippen molar-refractivity contribution >= 4 is 10.9 Å². The van der Waals surface area contributed by atoms with E-state index in [1.165, 1.54) is 30.4 Å². The van der Waals surface area contributed by atoms with E-state index in [2.05, 4.69) is 67.6 Å². The number of fused-ring (bicyclic) bond motifs is 1. The van der Waals surface area contributed by atoms with Crippen molar-refractivity contribution in [3.63, 3.8) is 0 Å². The Hall–Kier alpha value is -3.56. The first-order chi connectivity index (χ1) is 19.6. The number of hydrogen-bond donors (Lipinski definition) is 1. The van der Waals surface area contributed by atoms with Gasteiger partial charge in [-0.2, -0.15) is 0 Å². The molecule has 9 heteroatoms. The quantitative estimate of drug-likeness (QED) is 0.351. The number of aromatic amines is 1. The number of piperazine rings is 1. The molecule has 2 aliphatic rings. The van der Waals surface area contributed by atoms with Crippen molar-refractivity contribution in [3.05, 3.63) is 81.4 Å². The topological polar surface area (TPSA) is 92.2 Å². The second-order valence-corrected chi connectivity index (χ2v) is 11.1. The molecule has 4 aromatic rings. The van der Waals surface area contributed by atoms with E-state index in [-0.39, 0.29) is 17.6 Å². The van der Waals surface area contributed by atoms with Gasteiger partial charge in [0.2, 0.25) is 0 Å². The van der Waals surface area contributed by atoms with E-state index in [1.54, 1.807) is 7.11 Å². The van der Waals surface area contributed by atoms with Gasteiger partial charge in [-0.15, -0.1) is 5.10 Å². The number of hydrogen-bond acceptors (Lipinski definition) is 7. The van der Waals surface area contributed by atoms with Gasteiger partial charge in [0.1, 0.15) is 11.8 Å². The minimum Gasteiger partial charge on any atom is -0.496 e. The number of aromatic nitrogens is 5. The van der Waals surface area contributed by atoms with Crippen LogP contribution in [0.1, 0.15) is 73.6 Å². The van der Waals surface area contributed by atoms with Crippen molar-refractivity contribution in [2.45, 2.75) is 64.1 Å². The molecule has 1 aliphatic heterocycles. The molecule has 40 heavy (non-hydrogen) atoms. The van der Waals surface area contributed by atoms with E-state index in [1.807, 2.05) is 22.9 Å². The van der Waals surface area contributed by atoms with Gasteiger partial charge in [0.15, 0.2) is 5.82 Å². The number of pyridine rings is 1. The third kappa shape index (κ3) is 5.40. The second-order valence-electron chi connectivity index (χ2n) is 11.1. The first-order valence-corrected chi connectivity index (χ1v) is 14.7. The van der Waals surface area contributed by atoms with Crippen LogP contribution < -0.4 is 10.3 Å². The lowest BCUT2D eigenvalue weighted by atomic mass is 9.95. The molecule has 0 radical (unpaired) electrons. The smallest absolute Gasteiger partial charge is 0.253 e. The van der Waals surface area contributed by atoms with Crippen molar-refractivity contribution in [2.75, 3.05) is 33.3 Å². The van der Waals surface area contributed by atoms with E-state index < -0.39 is 0 Å². The predicted molar refractivity (Wildman–Crippen MR) is 156 cm³/mol. The fraction of sp³-hybridized carbons (Fsp3) is 0.484. The largest absolute Gasteiger partial charge is 0.496 e. The van der Waals surface area contributed by atoms with Gasteiger partial charge >= 0.3 is 0 Å². The summed E-state index contributed by atoms with van der Waals surface area (Å²) in [5.41, 5.74) is 3.94. The standard InChI is InChI=1S/C31H39N7O2/c1-3-22-13-14-27-24(19-22)20-26(31(39)32-27)29(30-33-34-35-38(30)25-10-5-4-6-11-25)37-17-15-36(16-18-37)21-23-9-7-8-12-28(23)40-2/h7-9,12-14,19-20,25,29H,3-6,10-11,15-18,21H2,1-2H3,(H,32,39). The van der Waals surface area contributed by atoms with Gasteiger partial charge in [-0.25, -0.2) is 4.68 Å². The predicted octanol–water partition coefficient (Wildman–Crippen LogP) is 4.50. The Morgan fingerprint density at radius 1 is 1.02 bits per heavy atom. The summed E-state index contributed by atoms with van der Waals surface area (Å²) < 4.78 is 7.61. The van der Waals surface area contributed by atoms with Crippen molar-refractivity contribution in [3.8, 4) is 5.75 Å². The Labute approximate surface area is 235 Å². The molecule has 9 nitrogen and oxygen atoms in total. The molecule has 1 N–H and O–H groups in total. The molecule has 210 valence electrons. The molecule has 1 saturated heterocycles. The van der Waals surface area contributed by atoms with Crippen LogP contribution >= 0.6 is 0 Å². The number of H-pyrrole nitrogens is 1. The molecule has 3 heterocycles. The fourth-order valence-corrected chi connectivity index (χ4v) is 6.42. The number of tetrazole rings is 1. The molecular weight excluding hydrogens is 502 g/mol. The molecule has 0 bridgehead atoms. The monoisotopic (exact) mass is 541 g/mol.